The van der Waals surface area contributed by atoms with E-state index in [2.05, 4.69) is 22.0 Å². The van der Waals surface area contributed by atoms with Gasteiger partial charge in [-0.3, -0.25) is 9.89 Å². The third-order valence-corrected chi connectivity index (χ3v) is 4.45. The number of hydrogen-bond acceptors (Lipinski definition) is 3. The summed E-state index contributed by atoms with van der Waals surface area (Å²) < 4.78 is 0. The molecule has 1 aliphatic carbocycles. The highest BCUT2D eigenvalue weighted by Gasteiger charge is 2.31. The Balaban J connectivity index is 1.61. The number of aromatic nitrogens is 2. The van der Waals surface area contributed by atoms with Crippen molar-refractivity contribution in [1.82, 2.24) is 15.1 Å². The molecule has 1 amide bonds. The van der Waals surface area contributed by atoms with Gasteiger partial charge in [0.15, 0.2) is 0 Å². The molecule has 0 atom stereocenters. The second kappa shape index (κ2) is 4.87. The number of amides is 1. The number of nitrogens with one attached hydrogen (secondary N) is 1. The number of carbonyl (C=O) groups is 1. The topological polar surface area (TPSA) is 52.2 Å². The summed E-state index contributed by atoms with van der Waals surface area (Å²) in [4.78, 5) is 16.6. The monoisotopic (exact) mass is 262 g/mol. The van der Waals surface area contributed by atoms with Gasteiger partial charge in [0, 0.05) is 32.1 Å². The van der Waals surface area contributed by atoms with Gasteiger partial charge in [-0.05, 0) is 26.7 Å². The fourth-order valence-electron chi connectivity index (χ4n) is 3.07. The molecule has 0 aromatic carbocycles. The molecule has 0 radical (unpaired) electrons. The Labute approximate surface area is 114 Å². The summed E-state index contributed by atoms with van der Waals surface area (Å²) >= 11 is 0. The number of hydrogen-bond donors (Lipinski definition) is 1. The molecule has 1 N–H and O–H groups in total. The molecule has 0 unspecified atom stereocenters. The van der Waals surface area contributed by atoms with E-state index >= 15 is 0 Å². The first-order valence-corrected chi connectivity index (χ1v) is 7.22. The Morgan fingerprint density at radius 3 is 2.37 bits per heavy atom. The Hall–Kier alpha value is -1.52. The molecule has 1 aromatic heterocycles. The van der Waals surface area contributed by atoms with Crippen LogP contribution < -0.4 is 4.90 Å². The molecule has 0 spiro atoms. The van der Waals surface area contributed by atoms with Crippen LogP contribution in [-0.2, 0) is 4.79 Å². The molecule has 2 heterocycles. The summed E-state index contributed by atoms with van der Waals surface area (Å²) in [6, 6.07) is 0. The summed E-state index contributed by atoms with van der Waals surface area (Å²) in [7, 11) is 0. The number of rotatable bonds is 2. The molecule has 1 aliphatic heterocycles. The van der Waals surface area contributed by atoms with Crippen molar-refractivity contribution in [2.75, 3.05) is 31.1 Å². The van der Waals surface area contributed by atoms with Crippen molar-refractivity contribution in [2.45, 2.75) is 33.1 Å². The molecule has 0 bridgehead atoms. The predicted octanol–water partition coefficient (Wildman–Crippen LogP) is 1.48. The Bertz CT molecular complexity index is 450. The maximum atomic E-state index is 12.2. The van der Waals surface area contributed by atoms with Crippen molar-refractivity contribution in [3.63, 3.8) is 0 Å². The lowest BCUT2D eigenvalue weighted by Crippen LogP contribution is -2.51. The van der Waals surface area contributed by atoms with E-state index in [0.717, 1.165) is 50.4 Å². The van der Waals surface area contributed by atoms with E-state index in [4.69, 9.17) is 0 Å². The minimum Gasteiger partial charge on any atom is -0.365 e. The van der Waals surface area contributed by atoms with Crippen LogP contribution in [0.5, 0.6) is 0 Å². The van der Waals surface area contributed by atoms with Crippen LogP contribution in [0.3, 0.4) is 0 Å². The van der Waals surface area contributed by atoms with Crippen LogP contribution in [0, 0.1) is 19.8 Å². The smallest absolute Gasteiger partial charge is 0.225 e. The van der Waals surface area contributed by atoms with Crippen LogP contribution in [0.4, 0.5) is 5.69 Å². The number of anilines is 1. The lowest BCUT2D eigenvalue weighted by atomic mass is 9.84. The van der Waals surface area contributed by atoms with Crippen LogP contribution in [0.25, 0.3) is 0 Å². The first-order valence-electron chi connectivity index (χ1n) is 7.22. The zero-order chi connectivity index (χ0) is 13.4. The van der Waals surface area contributed by atoms with E-state index in [-0.39, 0.29) is 0 Å². The quantitative estimate of drug-likeness (QED) is 0.878. The third kappa shape index (κ3) is 2.22. The van der Waals surface area contributed by atoms with Crippen LogP contribution >= 0.6 is 0 Å². The first-order chi connectivity index (χ1) is 9.16. The summed E-state index contributed by atoms with van der Waals surface area (Å²) in [5, 5.41) is 7.28. The largest absolute Gasteiger partial charge is 0.365 e. The molecule has 5 nitrogen and oxygen atoms in total. The minimum atomic E-state index is 0.323. The summed E-state index contributed by atoms with van der Waals surface area (Å²) in [5.74, 6) is 0.704. The number of aryl methyl sites for hydroxylation is 2. The average Bonchev–Trinajstić information content (AvgIpc) is 2.67. The highest BCUT2D eigenvalue weighted by molar-refractivity contribution is 5.80. The second-order valence-corrected chi connectivity index (χ2v) is 5.72. The van der Waals surface area contributed by atoms with E-state index in [1.165, 1.54) is 12.1 Å². The minimum absolute atomic E-state index is 0.323. The second-order valence-electron chi connectivity index (χ2n) is 5.72. The van der Waals surface area contributed by atoms with Crippen molar-refractivity contribution in [3.8, 4) is 0 Å². The number of aromatic amines is 1. The maximum absolute atomic E-state index is 12.2. The van der Waals surface area contributed by atoms with Gasteiger partial charge in [-0.2, -0.15) is 5.10 Å². The molecule has 5 heteroatoms. The first kappa shape index (κ1) is 12.5. The highest BCUT2D eigenvalue weighted by Crippen LogP contribution is 2.29. The van der Waals surface area contributed by atoms with Crippen LogP contribution in [-0.4, -0.2) is 47.2 Å². The summed E-state index contributed by atoms with van der Waals surface area (Å²) in [6.07, 6.45) is 3.42. The van der Waals surface area contributed by atoms with Gasteiger partial charge in [0.25, 0.3) is 0 Å². The third-order valence-electron chi connectivity index (χ3n) is 4.45. The number of H-pyrrole nitrogens is 1. The van der Waals surface area contributed by atoms with E-state index < -0.39 is 0 Å². The molecule has 104 valence electrons. The zero-order valence-electron chi connectivity index (χ0n) is 11.8. The van der Waals surface area contributed by atoms with Gasteiger partial charge in [0.05, 0.1) is 17.1 Å². The van der Waals surface area contributed by atoms with Gasteiger partial charge < -0.3 is 9.80 Å². The van der Waals surface area contributed by atoms with Crippen LogP contribution in [0.2, 0.25) is 0 Å². The van der Waals surface area contributed by atoms with Crippen molar-refractivity contribution >= 4 is 11.6 Å². The Kier molecular flexibility index (Phi) is 3.21. The molecule has 1 aromatic rings. The summed E-state index contributed by atoms with van der Waals surface area (Å²) in [5.41, 5.74) is 3.39. The van der Waals surface area contributed by atoms with Crippen LogP contribution in [0.1, 0.15) is 30.7 Å². The highest BCUT2D eigenvalue weighted by atomic mass is 16.2. The summed E-state index contributed by atoms with van der Waals surface area (Å²) in [6.45, 7) is 7.62. The zero-order valence-corrected chi connectivity index (χ0v) is 11.8. The van der Waals surface area contributed by atoms with Crippen molar-refractivity contribution in [1.29, 1.82) is 0 Å². The lowest BCUT2D eigenvalue weighted by Gasteiger charge is -2.39. The Morgan fingerprint density at radius 2 is 1.89 bits per heavy atom. The maximum Gasteiger partial charge on any atom is 0.225 e. The van der Waals surface area contributed by atoms with Crippen molar-refractivity contribution < 1.29 is 4.79 Å². The van der Waals surface area contributed by atoms with Crippen molar-refractivity contribution in [3.05, 3.63) is 11.4 Å². The number of carbonyl (C=O) groups excluding carboxylic acids is 1. The molecular formula is C14H22N4O. The normalized spacial score (nSPS) is 20.5. The fraction of sp³-hybridized carbons (Fsp3) is 0.714. The van der Waals surface area contributed by atoms with Gasteiger partial charge in [0.1, 0.15) is 0 Å². The number of piperazine rings is 1. The Morgan fingerprint density at radius 1 is 1.21 bits per heavy atom. The van der Waals surface area contributed by atoms with Gasteiger partial charge in [-0.25, -0.2) is 0 Å². The predicted molar refractivity (Wildman–Crippen MR) is 74.2 cm³/mol. The lowest BCUT2D eigenvalue weighted by molar-refractivity contribution is -0.138. The van der Waals surface area contributed by atoms with Crippen LogP contribution in [0.15, 0.2) is 0 Å². The van der Waals surface area contributed by atoms with E-state index in [0.29, 0.717) is 11.8 Å². The standard InChI is InChI=1S/C14H22N4O/c1-10-13(11(2)16-15-10)17-6-8-18(9-7-17)14(19)12-4-3-5-12/h12H,3-9H2,1-2H3,(H,15,16). The van der Waals surface area contributed by atoms with Gasteiger partial charge in [0.2, 0.25) is 5.91 Å². The average molecular weight is 262 g/mol. The molecule has 19 heavy (non-hydrogen) atoms. The van der Waals surface area contributed by atoms with E-state index in [1.807, 2.05) is 11.8 Å². The molecule has 1 saturated carbocycles. The van der Waals surface area contributed by atoms with Crippen molar-refractivity contribution in [2.24, 2.45) is 5.92 Å². The van der Waals surface area contributed by atoms with E-state index in [9.17, 15) is 4.79 Å². The fourth-order valence-corrected chi connectivity index (χ4v) is 3.07. The van der Waals surface area contributed by atoms with Gasteiger partial charge in [-0.1, -0.05) is 6.42 Å². The molecular weight excluding hydrogens is 240 g/mol. The molecule has 3 rings (SSSR count). The van der Waals surface area contributed by atoms with Gasteiger partial charge in [-0.15, -0.1) is 0 Å². The molecule has 2 fully saturated rings. The van der Waals surface area contributed by atoms with E-state index in [1.54, 1.807) is 0 Å². The number of nitrogens with zero attached hydrogens (tertiary/aromatic N) is 3. The van der Waals surface area contributed by atoms with Gasteiger partial charge >= 0.3 is 0 Å². The SMILES string of the molecule is Cc1n[nH]c(C)c1N1CCN(C(=O)C2CCC2)CC1. The molecule has 2 aliphatic rings. The molecule has 1 saturated heterocycles.